The summed E-state index contributed by atoms with van der Waals surface area (Å²) in [5.41, 5.74) is 22.5. The van der Waals surface area contributed by atoms with Gasteiger partial charge < -0.3 is 75.5 Å². The molecule has 318 valence electrons. The summed E-state index contributed by atoms with van der Waals surface area (Å²) in [4.78, 5) is 102. The number of unbranched alkanes of at least 4 members (excludes halogenated alkanes) is 1. The van der Waals surface area contributed by atoms with Crippen molar-refractivity contribution in [2.45, 2.75) is 94.2 Å². The lowest BCUT2D eigenvalue weighted by molar-refractivity contribution is -0.143. The van der Waals surface area contributed by atoms with Crippen LogP contribution in [0, 0.1) is 5.41 Å². The second kappa shape index (κ2) is 26.0. The standard InChI is InChI=1S/C34H56N12O11/c1-18(41-28(51)20(36)10-5-6-12-35)27(50)45-24(16-47)32(55)44-23(15-26(37)49)31(54)42-21(11-7-13-40-34(38)39)29(52)43-22(14-19-8-3-2-4-9-19)30(53)46-25(17-48)33(56)57/h2-4,8-9,18,20-25,47-48H,5-7,10-17,35-36H2,1H3,(H2,37,49)(H,41,51)(H,42,54)(H,43,52)(H,44,55)(H,45,50)(H,46,53)(H,56,57)(H4,38,39,40)/t18-,20-,21-,22-,23-,24-,25-/m0/s1. The summed E-state index contributed by atoms with van der Waals surface area (Å²) in [7, 11) is 0. The van der Waals surface area contributed by atoms with Gasteiger partial charge in [0.1, 0.15) is 36.3 Å². The van der Waals surface area contributed by atoms with Gasteiger partial charge in [-0.25, -0.2) is 4.79 Å². The van der Waals surface area contributed by atoms with Crippen LogP contribution in [0.4, 0.5) is 0 Å². The molecule has 7 atom stereocenters. The highest BCUT2D eigenvalue weighted by Crippen LogP contribution is 2.07. The Morgan fingerprint density at radius 2 is 1.19 bits per heavy atom. The van der Waals surface area contributed by atoms with E-state index in [1.54, 1.807) is 30.3 Å². The van der Waals surface area contributed by atoms with Crippen LogP contribution in [0.5, 0.6) is 0 Å². The molecule has 7 amide bonds. The number of primary amides is 1. The van der Waals surface area contributed by atoms with E-state index in [9.17, 15) is 53.7 Å². The molecule has 0 aliphatic heterocycles. The van der Waals surface area contributed by atoms with Gasteiger partial charge in [0.05, 0.1) is 25.7 Å². The molecule has 0 aromatic heterocycles. The van der Waals surface area contributed by atoms with Crippen LogP contribution in [0.3, 0.4) is 0 Å². The lowest BCUT2D eigenvalue weighted by Gasteiger charge is -2.27. The van der Waals surface area contributed by atoms with E-state index in [1.807, 2.05) is 0 Å². The van der Waals surface area contributed by atoms with Crippen molar-refractivity contribution in [3.05, 3.63) is 35.9 Å². The third-order valence-corrected chi connectivity index (χ3v) is 8.24. The zero-order valence-electron chi connectivity index (χ0n) is 31.6. The van der Waals surface area contributed by atoms with Crippen LogP contribution in [-0.4, -0.2) is 137 Å². The van der Waals surface area contributed by atoms with Crippen molar-refractivity contribution >= 4 is 53.3 Å². The van der Waals surface area contributed by atoms with E-state index < -0.39 is 109 Å². The normalized spacial score (nSPS) is 14.5. The molecular weight excluding hydrogens is 752 g/mol. The van der Waals surface area contributed by atoms with Gasteiger partial charge in [0.25, 0.3) is 0 Å². The molecule has 0 radical (unpaired) electrons. The Bertz CT molecular complexity index is 1530. The highest BCUT2D eigenvalue weighted by molar-refractivity contribution is 5.98. The number of aliphatic hydroxyl groups is 2. The van der Waals surface area contributed by atoms with Crippen molar-refractivity contribution in [3.8, 4) is 0 Å². The van der Waals surface area contributed by atoms with Gasteiger partial charge in [-0.05, 0) is 44.7 Å². The fraction of sp³-hybridized carbons (Fsp3) is 0.559. The minimum Gasteiger partial charge on any atom is -0.480 e. The van der Waals surface area contributed by atoms with Gasteiger partial charge in [0, 0.05) is 13.0 Å². The fourth-order valence-electron chi connectivity index (χ4n) is 5.06. The van der Waals surface area contributed by atoms with E-state index in [0.717, 1.165) is 0 Å². The number of benzene rings is 1. The van der Waals surface area contributed by atoms with Crippen LogP contribution < -0.4 is 60.2 Å². The first-order valence-electron chi connectivity index (χ1n) is 18.1. The molecule has 0 aliphatic carbocycles. The van der Waals surface area contributed by atoms with Gasteiger partial charge in [0.2, 0.25) is 41.4 Å². The number of guanidine groups is 1. The molecule has 57 heavy (non-hydrogen) atoms. The average molecular weight is 809 g/mol. The lowest BCUT2D eigenvalue weighted by atomic mass is 10.0. The Kier molecular flexibility index (Phi) is 22.4. The van der Waals surface area contributed by atoms with E-state index in [4.69, 9.17) is 28.3 Å². The van der Waals surface area contributed by atoms with Gasteiger partial charge in [-0.1, -0.05) is 36.8 Å². The third kappa shape index (κ3) is 19.0. The second-order valence-corrected chi connectivity index (χ2v) is 13.0. The molecule has 0 spiro atoms. The van der Waals surface area contributed by atoms with Gasteiger partial charge >= 0.3 is 5.97 Å². The predicted octanol–water partition coefficient (Wildman–Crippen LogP) is -6.18. The Morgan fingerprint density at radius 1 is 0.667 bits per heavy atom. The molecule has 1 aromatic rings. The van der Waals surface area contributed by atoms with Crippen LogP contribution in [0.2, 0.25) is 0 Å². The SMILES string of the molecule is C[C@H](NC(=O)[C@@H](N)CCCCN)C(=O)N[C@@H](CO)C(=O)N[C@@H](CC(N)=O)C(=O)N[C@@H](CCCNC(=N)N)C(=O)N[C@@H](Cc1ccccc1)C(=O)N[C@@H](CO)C(=O)O. The molecule has 0 saturated heterocycles. The second-order valence-electron chi connectivity index (χ2n) is 13.0. The van der Waals surface area contributed by atoms with Gasteiger partial charge in [-0.15, -0.1) is 0 Å². The first-order valence-corrected chi connectivity index (χ1v) is 18.1. The van der Waals surface area contributed by atoms with E-state index in [1.165, 1.54) is 6.92 Å². The zero-order valence-corrected chi connectivity index (χ0v) is 31.6. The molecule has 1 aromatic carbocycles. The Labute approximate surface area is 328 Å². The smallest absolute Gasteiger partial charge is 0.328 e. The van der Waals surface area contributed by atoms with Gasteiger partial charge in [-0.3, -0.25) is 39.0 Å². The quantitative estimate of drug-likeness (QED) is 0.0223. The molecule has 0 fully saturated rings. The maximum Gasteiger partial charge on any atom is 0.328 e. The molecule has 0 heterocycles. The number of carbonyl (C=O) groups excluding carboxylic acids is 7. The van der Waals surface area contributed by atoms with Crippen molar-refractivity contribution in [2.24, 2.45) is 22.9 Å². The Balaban J connectivity index is 3.24. The summed E-state index contributed by atoms with van der Waals surface area (Å²) in [6, 6.07) is -1.94. The highest BCUT2D eigenvalue weighted by Gasteiger charge is 2.33. The van der Waals surface area contributed by atoms with Crippen LogP contribution in [-0.2, 0) is 44.8 Å². The third-order valence-electron chi connectivity index (χ3n) is 8.24. The molecule has 23 nitrogen and oxygen atoms in total. The van der Waals surface area contributed by atoms with Crippen molar-refractivity contribution in [1.29, 1.82) is 5.41 Å². The molecule has 0 saturated carbocycles. The summed E-state index contributed by atoms with van der Waals surface area (Å²) in [6.07, 6.45) is 0.490. The number of carboxylic acid groups (broad SMARTS) is 1. The van der Waals surface area contributed by atoms with Crippen molar-refractivity contribution in [2.75, 3.05) is 26.3 Å². The highest BCUT2D eigenvalue weighted by atomic mass is 16.4. The summed E-state index contributed by atoms with van der Waals surface area (Å²) in [5.74, 6) is -8.74. The number of hydrogen-bond donors (Lipinski definition) is 15. The van der Waals surface area contributed by atoms with Crippen molar-refractivity contribution < 1.29 is 53.7 Å². The van der Waals surface area contributed by atoms with E-state index in [2.05, 4.69) is 37.2 Å². The maximum atomic E-state index is 13.7. The zero-order chi connectivity index (χ0) is 43.1. The van der Waals surface area contributed by atoms with Gasteiger partial charge in [0.15, 0.2) is 5.96 Å². The molecule has 23 heteroatoms. The van der Waals surface area contributed by atoms with E-state index >= 15 is 0 Å². The number of nitrogens with two attached hydrogens (primary N) is 4. The summed E-state index contributed by atoms with van der Waals surface area (Å²) >= 11 is 0. The largest absolute Gasteiger partial charge is 0.480 e. The minimum atomic E-state index is -1.76. The maximum absolute atomic E-state index is 13.7. The van der Waals surface area contributed by atoms with Crippen LogP contribution in [0.25, 0.3) is 0 Å². The molecule has 0 bridgehead atoms. The number of carbonyl (C=O) groups is 8. The van der Waals surface area contributed by atoms with E-state index in [0.29, 0.717) is 31.4 Å². The number of rotatable bonds is 27. The predicted molar refractivity (Wildman–Crippen MR) is 203 cm³/mol. The monoisotopic (exact) mass is 808 g/mol. The molecule has 0 unspecified atom stereocenters. The summed E-state index contributed by atoms with van der Waals surface area (Å²) in [5, 5.41) is 52.4. The fourth-order valence-corrected chi connectivity index (χ4v) is 5.06. The summed E-state index contributed by atoms with van der Waals surface area (Å²) in [6.45, 7) is -0.172. The van der Waals surface area contributed by atoms with Crippen LogP contribution >= 0.6 is 0 Å². The number of nitrogens with one attached hydrogen (secondary N) is 8. The van der Waals surface area contributed by atoms with Gasteiger partial charge in [-0.2, -0.15) is 0 Å². The molecule has 19 N–H and O–H groups in total. The molecular formula is C34H56N12O11. The van der Waals surface area contributed by atoms with Crippen molar-refractivity contribution in [1.82, 2.24) is 37.2 Å². The van der Waals surface area contributed by atoms with Crippen LogP contribution in [0.15, 0.2) is 30.3 Å². The summed E-state index contributed by atoms with van der Waals surface area (Å²) < 4.78 is 0. The number of aliphatic hydroxyl groups excluding tert-OH is 2. The van der Waals surface area contributed by atoms with E-state index in [-0.39, 0.29) is 31.8 Å². The average Bonchev–Trinajstić information content (AvgIpc) is 3.16. The topological polar surface area (TPSA) is 409 Å². The molecule has 1 rings (SSSR count). The van der Waals surface area contributed by atoms with Crippen LogP contribution in [0.1, 0.15) is 51.0 Å². The number of carboxylic acids is 1. The molecule has 0 aliphatic rings. The Morgan fingerprint density at radius 3 is 1.75 bits per heavy atom. The number of aliphatic carboxylic acids is 1. The first-order chi connectivity index (χ1) is 26.9. The Hall–Kier alpha value is -5.91. The number of amides is 7. The first kappa shape index (κ1) is 49.1. The minimum absolute atomic E-state index is 0.0537. The van der Waals surface area contributed by atoms with Crippen molar-refractivity contribution in [3.63, 3.8) is 0 Å². The number of hydrogen-bond acceptors (Lipinski definition) is 13. The lowest BCUT2D eigenvalue weighted by Crippen LogP contribution is -2.60.